The number of carbonyl (C=O) groups excluding carboxylic acids is 1. The summed E-state index contributed by atoms with van der Waals surface area (Å²) < 4.78 is 1.65. The van der Waals surface area contributed by atoms with Gasteiger partial charge in [-0.25, -0.2) is 4.98 Å². The lowest BCUT2D eigenvalue weighted by atomic mass is 10.00. The first kappa shape index (κ1) is 22.9. The molecule has 1 unspecified atom stereocenters. The average Bonchev–Trinajstić information content (AvgIpc) is 3.34. The summed E-state index contributed by atoms with van der Waals surface area (Å²) in [7, 11) is 1.83. The average molecular weight is 469 g/mol. The molecule has 1 atom stereocenters. The number of aliphatic hydroxyl groups excluding tert-OH is 1. The quantitative estimate of drug-likeness (QED) is 0.450. The minimum absolute atomic E-state index is 0.0242. The van der Waals surface area contributed by atoms with Crippen molar-refractivity contribution in [2.75, 3.05) is 24.6 Å². The largest absolute Gasteiger partial charge is 0.392 e. The number of nitrogens with zero attached hydrogens (tertiary/aromatic N) is 5. The molecule has 1 aliphatic rings. The molecule has 2 N–H and O–H groups in total. The second-order valence-corrected chi connectivity index (χ2v) is 8.69. The summed E-state index contributed by atoms with van der Waals surface area (Å²) >= 11 is 0. The van der Waals surface area contributed by atoms with Gasteiger partial charge in [-0.05, 0) is 48.5 Å². The number of pyridine rings is 1. The van der Waals surface area contributed by atoms with Crippen molar-refractivity contribution >= 4 is 28.6 Å². The van der Waals surface area contributed by atoms with Gasteiger partial charge in [-0.3, -0.25) is 14.4 Å². The number of aryl methyl sites for hydroxylation is 1. The molecule has 0 spiro atoms. The number of aromatic nitrogens is 4. The minimum Gasteiger partial charge on any atom is -0.392 e. The highest BCUT2D eigenvalue weighted by Gasteiger charge is 2.30. The topological polar surface area (TPSA) is 96.2 Å². The first-order chi connectivity index (χ1) is 17.2. The number of hydrogen-bond donors (Lipinski definition) is 2. The summed E-state index contributed by atoms with van der Waals surface area (Å²) in [4.78, 5) is 20.6. The molecule has 0 aliphatic carbocycles. The van der Waals surface area contributed by atoms with Crippen LogP contribution < -0.4 is 10.2 Å². The van der Waals surface area contributed by atoms with Gasteiger partial charge in [-0.2, -0.15) is 0 Å². The van der Waals surface area contributed by atoms with Gasteiger partial charge in [0, 0.05) is 36.3 Å². The second-order valence-electron chi connectivity index (χ2n) is 8.69. The third-order valence-electron chi connectivity index (χ3n) is 6.32. The molecule has 4 aromatic rings. The molecule has 0 saturated carbocycles. The highest BCUT2D eigenvalue weighted by molar-refractivity contribution is 6.11. The molecule has 0 bridgehead atoms. The number of rotatable bonds is 6. The van der Waals surface area contributed by atoms with Gasteiger partial charge in [0.05, 0.1) is 18.8 Å². The van der Waals surface area contributed by atoms with Gasteiger partial charge < -0.3 is 10.4 Å². The lowest BCUT2D eigenvalue weighted by Gasteiger charge is -2.35. The molecule has 1 amide bonds. The van der Waals surface area contributed by atoms with E-state index in [1.54, 1.807) is 17.0 Å². The Bertz CT molecular complexity index is 1350. The molecule has 8 heteroatoms. The standard InChI is InChI=1S/C27H28N6O2/c1-32-18-24(30-31-32)19-9-11-22(12-10-19)27(35)33(23-8-3-14-28-17-23)26-25-20(7-4-16-34)5-2-6-21(25)13-15-29-26/h2,4-7,9-13,15,18,23,28,34H,3,8,14,16-17H2,1H3. The predicted molar refractivity (Wildman–Crippen MR) is 137 cm³/mol. The third-order valence-corrected chi connectivity index (χ3v) is 6.32. The van der Waals surface area contributed by atoms with Crippen LogP contribution in [-0.4, -0.2) is 56.7 Å². The van der Waals surface area contributed by atoms with E-state index in [0.717, 1.165) is 47.0 Å². The Balaban J connectivity index is 1.59. The molecule has 178 valence electrons. The van der Waals surface area contributed by atoms with Crippen molar-refractivity contribution in [3.8, 4) is 11.3 Å². The monoisotopic (exact) mass is 468 g/mol. The Morgan fingerprint density at radius 3 is 2.80 bits per heavy atom. The molecule has 8 nitrogen and oxygen atoms in total. The van der Waals surface area contributed by atoms with Crippen LogP contribution in [0.2, 0.25) is 0 Å². The first-order valence-electron chi connectivity index (χ1n) is 11.8. The fraction of sp³-hybridized carbons (Fsp3) is 0.259. The van der Waals surface area contributed by atoms with Gasteiger partial charge in [0.25, 0.3) is 5.91 Å². The lowest BCUT2D eigenvalue weighted by Crippen LogP contribution is -2.49. The molecule has 5 rings (SSSR count). The molecular formula is C27H28N6O2. The first-order valence-corrected chi connectivity index (χ1v) is 11.8. The SMILES string of the molecule is Cn1cc(-c2ccc(C(=O)N(c3nccc4cccc(C=CCO)c34)C3CCCNC3)cc2)nn1. The van der Waals surface area contributed by atoms with E-state index in [4.69, 9.17) is 4.98 Å². The van der Waals surface area contributed by atoms with Crippen molar-refractivity contribution in [3.05, 3.63) is 78.1 Å². The number of benzene rings is 2. The molecule has 35 heavy (non-hydrogen) atoms. The molecule has 2 aromatic carbocycles. The second kappa shape index (κ2) is 10.2. The summed E-state index contributed by atoms with van der Waals surface area (Å²) in [6.45, 7) is 1.59. The Morgan fingerprint density at radius 2 is 2.09 bits per heavy atom. The van der Waals surface area contributed by atoms with E-state index in [0.29, 0.717) is 17.9 Å². The summed E-state index contributed by atoms with van der Waals surface area (Å²) in [6.07, 6.45) is 9.06. The van der Waals surface area contributed by atoms with E-state index in [2.05, 4.69) is 15.6 Å². The molecule has 3 heterocycles. The number of piperidine rings is 1. The summed E-state index contributed by atoms with van der Waals surface area (Å²) in [5.74, 6) is 0.544. The highest BCUT2D eigenvalue weighted by Crippen LogP contribution is 2.32. The number of aliphatic hydroxyl groups is 1. The van der Waals surface area contributed by atoms with Crippen LogP contribution in [0.3, 0.4) is 0 Å². The number of fused-ring (bicyclic) bond motifs is 1. The third kappa shape index (κ3) is 4.71. The Labute approximate surface area is 203 Å². The minimum atomic E-state index is -0.0923. The normalized spacial score (nSPS) is 16.1. The Kier molecular flexibility index (Phi) is 6.65. The lowest BCUT2D eigenvalue weighted by molar-refractivity contribution is 0.0972. The van der Waals surface area contributed by atoms with Crippen molar-refractivity contribution in [2.24, 2.45) is 7.05 Å². The van der Waals surface area contributed by atoms with Gasteiger partial charge in [-0.15, -0.1) is 5.10 Å². The van der Waals surface area contributed by atoms with Gasteiger partial charge in [-0.1, -0.05) is 47.7 Å². The van der Waals surface area contributed by atoms with Crippen LogP contribution in [0.5, 0.6) is 0 Å². The van der Waals surface area contributed by atoms with Crippen LogP contribution in [0, 0.1) is 0 Å². The number of carbonyl (C=O) groups is 1. The maximum absolute atomic E-state index is 14.0. The van der Waals surface area contributed by atoms with E-state index in [9.17, 15) is 9.90 Å². The number of nitrogens with one attached hydrogen (secondary N) is 1. The smallest absolute Gasteiger partial charge is 0.259 e. The summed E-state index contributed by atoms with van der Waals surface area (Å²) in [5.41, 5.74) is 3.17. The summed E-state index contributed by atoms with van der Waals surface area (Å²) in [5, 5.41) is 22.8. The van der Waals surface area contributed by atoms with E-state index in [1.807, 2.05) is 72.8 Å². The van der Waals surface area contributed by atoms with E-state index < -0.39 is 0 Å². The van der Waals surface area contributed by atoms with E-state index in [-0.39, 0.29) is 18.6 Å². The number of amides is 1. The fourth-order valence-electron chi connectivity index (χ4n) is 4.63. The van der Waals surface area contributed by atoms with Crippen LogP contribution in [0.25, 0.3) is 28.1 Å². The Morgan fingerprint density at radius 1 is 1.23 bits per heavy atom. The van der Waals surface area contributed by atoms with Crippen LogP contribution >= 0.6 is 0 Å². The van der Waals surface area contributed by atoms with Gasteiger partial charge >= 0.3 is 0 Å². The summed E-state index contributed by atoms with van der Waals surface area (Å²) in [6, 6.07) is 15.4. The van der Waals surface area contributed by atoms with Crippen molar-refractivity contribution in [1.82, 2.24) is 25.3 Å². The maximum Gasteiger partial charge on any atom is 0.259 e. The molecule has 0 radical (unpaired) electrons. The zero-order valence-corrected chi connectivity index (χ0v) is 19.6. The van der Waals surface area contributed by atoms with Crippen molar-refractivity contribution < 1.29 is 9.90 Å². The van der Waals surface area contributed by atoms with Crippen LogP contribution in [-0.2, 0) is 7.05 Å². The van der Waals surface area contributed by atoms with Gasteiger partial charge in [0.15, 0.2) is 0 Å². The molecule has 2 aromatic heterocycles. The molecular weight excluding hydrogens is 440 g/mol. The van der Waals surface area contributed by atoms with Crippen LogP contribution in [0.4, 0.5) is 5.82 Å². The predicted octanol–water partition coefficient (Wildman–Crippen LogP) is 3.43. The number of anilines is 1. The Hall–Kier alpha value is -3.88. The molecule has 1 fully saturated rings. The van der Waals surface area contributed by atoms with E-state index in [1.165, 1.54) is 0 Å². The van der Waals surface area contributed by atoms with Gasteiger partial charge in [0.1, 0.15) is 11.5 Å². The fourth-order valence-corrected chi connectivity index (χ4v) is 4.63. The zero-order valence-electron chi connectivity index (χ0n) is 19.6. The van der Waals surface area contributed by atoms with Crippen LogP contribution in [0.15, 0.2) is 67.0 Å². The molecule has 1 aliphatic heterocycles. The van der Waals surface area contributed by atoms with Crippen molar-refractivity contribution in [1.29, 1.82) is 0 Å². The number of hydrogen-bond acceptors (Lipinski definition) is 6. The van der Waals surface area contributed by atoms with Crippen LogP contribution in [0.1, 0.15) is 28.8 Å². The van der Waals surface area contributed by atoms with Gasteiger partial charge in [0.2, 0.25) is 0 Å². The van der Waals surface area contributed by atoms with Crippen molar-refractivity contribution in [3.63, 3.8) is 0 Å². The van der Waals surface area contributed by atoms with Crippen molar-refractivity contribution in [2.45, 2.75) is 18.9 Å². The zero-order chi connectivity index (χ0) is 24.2. The van der Waals surface area contributed by atoms with E-state index >= 15 is 0 Å². The molecule has 1 saturated heterocycles. The highest BCUT2D eigenvalue weighted by atomic mass is 16.2. The maximum atomic E-state index is 14.0.